The molecule has 2 heterocycles. The number of anilines is 1. The van der Waals surface area contributed by atoms with Crippen LogP contribution in [0.5, 0.6) is 0 Å². The van der Waals surface area contributed by atoms with Crippen LogP contribution in [-0.4, -0.2) is 92.5 Å². The van der Waals surface area contributed by atoms with Crippen LogP contribution in [0.3, 0.4) is 0 Å². The number of methoxy groups -OCH3 is 1. The topological polar surface area (TPSA) is 135 Å². The van der Waals surface area contributed by atoms with E-state index in [-0.39, 0.29) is 43.2 Å². The van der Waals surface area contributed by atoms with Crippen LogP contribution in [0.1, 0.15) is 62.2 Å². The smallest absolute Gasteiger partial charge is 0.407 e. The van der Waals surface area contributed by atoms with E-state index < -0.39 is 27.8 Å². The van der Waals surface area contributed by atoms with Gasteiger partial charge in [0.15, 0.2) is 5.69 Å². The second-order valence-corrected chi connectivity index (χ2v) is 13.6. The lowest BCUT2D eigenvalue weighted by molar-refractivity contribution is 0.0499. The van der Waals surface area contributed by atoms with Gasteiger partial charge in [-0.15, -0.1) is 9.19 Å². The Bertz CT molecular complexity index is 1340. The van der Waals surface area contributed by atoms with Gasteiger partial charge in [0.2, 0.25) is 0 Å². The highest BCUT2D eigenvalue weighted by atomic mass is 35.5. The van der Waals surface area contributed by atoms with Crippen LogP contribution in [0.15, 0.2) is 24.3 Å². The number of hydrogen-bond donors (Lipinski definition) is 2. The SMILES string of the molecule is COC(C)CNC(=O)c1nn(S(=O)(=O)N(C)C)c(N2CCC[C@@H](NC(=O)OC(C)(C)C)C2)c1Cc1ccccc1Cl. The molecule has 2 atom stereocenters. The summed E-state index contributed by atoms with van der Waals surface area (Å²) >= 11 is 6.50. The van der Waals surface area contributed by atoms with E-state index in [9.17, 15) is 18.0 Å². The van der Waals surface area contributed by atoms with Crippen molar-refractivity contribution in [1.29, 1.82) is 0 Å². The summed E-state index contributed by atoms with van der Waals surface area (Å²) in [5, 5.41) is 10.6. The number of ether oxygens (including phenoxy) is 2. The quantitative estimate of drug-likeness (QED) is 0.418. The Morgan fingerprint density at radius 1 is 1.24 bits per heavy atom. The standard InChI is InChI=1S/C27H41ClN6O6S/c1-18(39-7)16-29-24(35)23-21(15-19-11-8-9-13-22(19)28)25(34(31-23)41(37,38)32(5)6)33-14-10-12-20(17-33)30-26(36)40-27(2,3)4/h8-9,11,13,18,20H,10,12,14-17H2,1-7H3,(H,29,35)(H,30,36)/t18?,20-/m1/s1. The average molecular weight is 613 g/mol. The fraction of sp³-hybridized carbons (Fsp3) is 0.593. The lowest BCUT2D eigenvalue weighted by Crippen LogP contribution is -2.50. The molecular formula is C27H41ClN6O6S. The van der Waals surface area contributed by atoms with Crippen LogP contribution in [0.2, 0.25) is 5.02 Å². The van der Waals surface area contributed by atoms with Crippen molar-refractivity contribution < 1.29 is 27.5 Å². The molecule has 1 saturated heterocycles. The molecule has 0 radical (unpaired) electrons. The average Bonchev–Trinajstić information content (AvgIpc) is 3.27. The minimum Gasteiger partial charge on any atom is -0.444 e. The van der Waals surface area contributed by atoms with E-state index in [4.69, 9.17) is 21.1 Å². The Balaban J connectivity index is 2.12. The maximum atomic E-state index is 13.6. The van der Waals surface area contributed by atoms with Crippen molar-refractivity contribution in [3.8, 4) is 0 Å². The van der Waals surface area contributed by atoms with Crippen LogP contribution in [0.25, 0.3) is 0 Å². The molecule has 228 valence electrons. The molecule has 0 spiro atoms. The molecular weight excluding hydrogens is 572 g/mol. The van der Waals surface area contributed by atoms with Crippen molar-refractivity contribution in [2.75, 3.05) is 45.7 Å². The van der Waals surface area contributed by atoms with Gasteiger partial charge in [-0.25, -0.2) is 4.79 Å². The van der Waals surface area contributed by atoms with E-state index in [0.29, 0.717) is 35.5 Å². The summed E-state index contributed by atoms with van der Waals surface area (Å²) in [4.78, 5) is 27.8. The number of carbonyl (C=O) groups is 2. The van der Waals surface area contributed by atoms with Crippen molar-refractivity contribution in [2.24, 2.45) is 0 Å². The van der Waals surface area contributed by atoms with Gasteiger partial charge in [-0.3, -0.25) is 4.79 Å². The third kappa shape index (κ3) is 8.34. The highest BCUT2D eigenvalue weighted by molar-refractivity contribution is 7.87. The monoisotopic (exact) mass is 612 g/mol. The lowest BCUT2D eigenvalue weighted by Gasteiger charge is -2.35. The number of alkyl carbamates (subject to hydrolysis) is 1. The van der Waals surface area contributed by atoms with Crippen LogP contribution in [-0.2, 0) is 26.1 Å². The minimum absolute atomic E-state index is 0.0316. The van der Waals surface area contributed by atoms with E-state index in [1.807, 2.05) is 17.0 Å². The number of nitrogens with zero attached hydrogens (tertiary/aromatic N) is 4. The maximum absolute atomic E-state index is 13.6. The predicted molar refractivity (Wildman–Crippen MR) is 158 cm³/mol. The molecule has 2 amide bonds. The molecule has 41 heavy (non-hydrogen) atoms. The van der Waals surface area contributed by atoms with Gasteiger partial charge in [-0.05, 0) is 52.2 Å². The number of hydrogen-bond acceptors (Lipinski definition) is 8. The second kappa shape index (κ2) is 13.4. The number of carbonyl (C=O) groups excluding carboxylic acids is 2. The van der Waals surface area contributed by atoms with Gasteiger partial charge < -0.3 is 25.0 Å². The fourth-order valence-electron chi connectivity index (χ4n) is 4.39. The number of halogens is 1. The van der Waals surface area contributed by atoms with E-state index in [0.717, 1.165) is 8.39 Å². The summed E-state index contributed by atoms with van der Waals surface area (Å²) in [7, 11) is 0.189. The van der Waals surface area contributed by atoms with E-state index in [1.54, 1.807) is 39.8 Å². The summed E-state index contributed by atoms with van der Waals surface area (Å²) < 4.78 is 39.8. The Hall–Kier alpha value is -2.87. The van der Waals surface area contributed by atoms with Crippen LogP contribution in [0.4, 0.5) is 10.6 Å². The van der Waals surface area contributed by atoms with Crippen molar-refractivity contribution in [1.82, 2.24) is 24.1 Å². The zero-order valence-corrected chi connectivity index (χ0v) is 26.3. The molecule has 1 unspecified atom stereocenters. The normalized spacial score (nSPS) is 16.9. The summed E-state index contributed by atoms with van der Waals surface area (Å²) in [6, 6.07) is 6.85. The summed E-state index contributed by atoms with van der Waals surface area (Å²) in [5.41, 5.74) is 0.415. The molecule has 0 aliphatic carbocycles. The zero-order chi connectivity index (χ0) is 30.5. The Kier molecular flexibility index (Phi) is 10.7. The number of piperidine rings is 1. The highest BCUT2D eigenvalue weighted by Gasteiger charge is 2.35. The van der Waals surface area contributed by atoms with Gasteiger partial charge in [-0.1, -0.05) is 29.8 Å². The number of amides is 2. The van der Waals surface area contributed by atoms with Crippen molar-refractivity contribution in [2.45, 2.75) is 64.7 Å². The third-order valence-corrected chi connectivity index (χ3v) is 8.53. The first-order valence-corrected chi connectivity index (χ1v) is 15.2. The molecule has 1 aliphatic heterocycles. The molecule has 0 bridgehead atoms. The van der Waals surface area contributed by atoms with Gasteiger partial charge in [0.25, 0.3) is 5.91 Å². The van der Waals surface area contributed by atoms with E-state index in [1.165, 1.54) is 21.2 Å². The Morgan fingerprint density at radius 3 is 2.54 bits per heavy atom. The van der Waals surface area contributed by atoms with E-state index >= 15 is 0 Å². The third-order valence-electron chi connectivity index (χ3n) is 6.54. The summed E-state index contributed by atoms with van der Waals surface area (Å²) in [6.45, 7) is 8.12. The van der Waals surface area contributed by atoms with Gasteiger partial charge >= 0.3 is 16.3 Å². The number of aromatic nitrogens is 2. The predicted octanol–water partition coefficient (Wildman–Crippen LogP) is 3.04. The second-order valence-electron chi connectivity index (χ2n) is 11.2. The van der Waals surface area contributed by atoms with Crippen LogP contribution in [0, 0.1) is 0 Å². The lowest BCUT2D eigenvalue weighted by atomic mass is 10.0. The van der Waals surface area contributed by atoms with E-state index in [2.05, 4.69) is 15.7 Å². The maximum Gasteiger partial charge on any atom is 0.407 e. The molecule has 3 rings (SSSR count). The first kappa shape index (κ1) is 32.6. The highest BCUT2D eigenvalue weighted by Crippen LogP contribution is 2.33. The van der Waals surface area contributed by atoms with Gasteiger partial charge in [0.1, 0.15) is 11.4 Å². The van der Waals surface area contributed by atoms with Gasteiger partial charge in [0.05, 0.1) is 6.10 Å². The molecule has 2 N–H and O–H groups in total. The fourth-order valence-corrected chi connectivity index (χ4v) is 5.53. The minimum atomic E-state index is -4.15. The molecule has 1 aromatic heterocycles. The number of benzene rings is 1. The number of rotatable bonds is 10. The molecule has 1 fully saturated rings. The number of nitrogens with one attached hydrogen (secondary N) is 2. The molecule has 1 aliphatic rings. The molecule has 2 aromatic rings. The van der Waals surface area contributed by atoms with Crippen molar-refractivity contribution >= 4 is 39.6 Å². The van der Waals surface area contributed by atoms with Gasteiger partial charge in [-0.2, -0.15) is 12.7 Å². The van der Waals surface area contributed by atoms with Crippen molar-refractivity contribution in [3.05, 3.63) is 46.1 Å². The first-order chi connectivity index (χ1) is 19.1. The molecule has 12 nitrogen and oxygen atoms in total. The summed E-state index contributed by atoms with van der Waals surface area (Å²) in [6.07, 6.45) is 0.668. The summed E-state index contributed by atoms with van der Waals surface area (Å²) in [5.74, 6) is -0.287. The van der Waals surface area contributed by atoms with Crippen molar-refractivity contribution in [3.63, 3.8) is 0 Å². The van der Waals surface area contributed by atoms with Crippen LogP contribution >= 0.6 is 11.6 Å². The zero-order valence-electron chi connectivity index (χ0n) is 24.7. The Morgan fingerprint density at radius 2 is 1.93 bits per heavy atom. The van der Waals surface area contributed by atoms with Gasteiger partial charge in [0, 0.05) is 63.9 Å². The Labute approximate surface area is 247 Å². The largest absolute Gasteiger partial charge is 0.444 e. The molecule has 0 saturated carbocycles. The molecule has 14 heteroatoms. The molecule has 1 aromatic carbocycles. The first-order valence-electron chi connectivity index (χ1n) is 13.5. The van der Waals surface area contributed by atoms with Crippen LogP contribution < -0.4 is 15.5 Å².